The van der Waals surface area contributed by atoms with Crippen molar-refractivity contribution in [3.05, 3.63) is 0 Å². The van der Waals surface area contributed by atoms with Gasteiger partial charge in [0.15, 0.2) is 0 Å². The second-order valence-corrected chi connectivity index (χ2v) is 5.26. The van der Waals surface area contributed by atoms with Gasteiger partial charge in [0.1, 0.15) is 0 Å². The SMILES string of the molecule is COC(C)C(C)(CN)N1CCSCC1. The third-order valence-corrected chi connectivity index (χ3v) is 4.32. The average Bonchev–Trinajstić information content (AvgIpc) is 2.28. The van der Waals surface area contributed by atoms with E-state index in [4.69, 9.17) is 10.5 Å². The van der Waals surface area contributed by atoms with Gasteiger partial charge in [-0.1, -0.05) is 0 Å². The van der Waals surface area contributed by atoms with Crippen LogP contribution in [0.1, 0.15) is 13.8 Å². The predicted molar refractivity (Wildman–Crippen MR) is 62.8 cm³/mol. The Morgan fingerprint density at radius 1 is 1.50 bits per heavy atom. The lowest BCUT2D eigenvalue weighted by Crippen LogP contribution is -2.60. The van der Waals surface area contributed by atoms with E-state index in [1.165, 1.54) is 11.5 Å². The van der Waals surface area contributed by atoms with E-state index in [1.54, 1.807) is 7.11 Å². The highest BCUT2D eigenvalue weighted by Gasteiger charge is 2.36. The van der Waals surface area contributed by atoms with E-state index in [9.17, 15) is 0 Å². The zero-order chi connectivity index (χ0) is 10.6. The first-order chi connectivity index (χ1) is 6.65. The number of ether oxygens (including phenoxy) is 1. The molecule has 0 aromatic heterocycles. The summed E-state index contributed by atoms with van der Waals surface area (Å²) in [7, 11) is 1.76. The molecule has 0 saturated carbocycles. The van der Waals surface area contributed by atoms with E-state index >= 15 is 0 Å². The fourth-order valence-electron chi connectivity index (χ4n) is 1.88. The lowest BCUT2D eigenvalue weighted by atomic mass is 9.93. The molecular weight excluding hydrogens is 196 g/mol. The van der Waals surface area contributed by atoms with Crippen LogP contribution in [0.4, 0.5) is 0 Å². The fraction of sp³-hybridized carbons (Fsp3) is 1.00. The van der Waals surface area contributed by atoms with Crippen LogP contribution in [0.25, 0.3) is 0 Å². The molecule has 0 aliphatic carbocycles. The van der Waals surface area contributed by atoms with Crippen LogP contribution in [0.3, 0.4) is 0 Å². The van der Waals surface area contributed by atoms with Gasteiger partial charge < -0.3 is 10.5 Å². The second-order valence-electron chi connectivity index (χ2n) is 4.04. The van der Waals surface area contributed by atoms with Crippen molar-refractivity contribution in [1.82, 2.24) is 4.90 Å². The van der Waals surface area contributed by atoms with Crippen molar-refractivity contribution >= 4 is 11.8 Å². The summed E-state index contributed by atoms with van der Waals surface area (Å²) in [5, 5.41) is 0. The van der Waals surface area contributed by atoms with Gasteiger partial charge in [0.25, 0.3) is 0 Å². The molecule has 2 atom stereocenters. The summed E-state index contributed by atoms with van der Waals surface area (Å²) < 4.78 is 5.43. The summed E-state index contributed by atoms with van der Waals surface area (Å²) in [6.45, 7) is 7.23. The molecule has 14 heavy (non-hydrogen) atoms. The summed E-state index contributed by atoms with van der Waals surface area (Å²) in [5.74, 6) is 2.43. The number of nitrogens with two attached hydrogens (primary N) is 1. The van der Waals surface area contributed by atoms with E-state index in [0.29, 0.717) is 6.54 Å². The molecule has 0 aromatic carbocycles. The molecule has 1 aliphatic heterocycles. The summed E-state index contributed by atoms with van der Waals surface area (Å²) >= 11 is 2.02. The van der Waals surface area contributed by atoms with Crippen molar-refractivity contribution in [2.75, 3.05) is 38.2 Å². The van der Waals surface area contributed by atoms with Gasteiger partial charge in [0.2, 0.25) is 0 Å². The van der Waals surface area contributed by atoms with Crippen molar-refractivity contribution in [2.24, 2.45) is 5.73 Å². The van der Waals surface area contributed by atoms with Gasteiger partial charge in [-0.3, -0.25) is 4.90 Å². The minimum atomic E-state index is -0.00424. The van der Waals surface area contributed by atoms with E-state index < -0.39 is 0 Å². The number of nitrogens with zero attached hydrogens (tertiary/aromatic N) is 1. The van der Waals surface area contributed by atoms with Crippen LogP contribution in [0, 0.1) is 0 Å². The Kier molecular flexibility index (Phi) is 4.70. The Labute approximate surface area is 91.4 Å². The first-order valence-corrected chi connectivity index (χ1v) is 6.36. The summed E-state index contributed by atoms with van der Waals surface area (Å²) in [6.07, 6.45) is 0.190. The quantitative estimate of drug-likeness (QED) is 0.757. The lowest BCUT2D eigenvalue weighted by molar-refractivity contribution is -0.0269. The van der Waals surface area contributed by atoms with Crippen LogP contribution >= 0.6 is 11.8 Å². The number of methoxy groups -OCH3 is 1. The Morgan fingerprint density at radius 3 is 2.50 bits per heavy atom. The van der Waals surface area contributed by atoms with E-state index in [1.807, 2.05) is 11.8 Å². The summed E-state index contributed by atoms with van der Waals surface area (Å²) in [6, 6.07) is 0. The highest BCUT2D eigenvalue weighted by molar-refractivity contribution is 7.99. The van der Waals surface area contributed by atoms with Gasteiger partial charge in [0, 0.05) is 38.2 Å². The molecule has 1 rings (SSSR count). The van der Waals surface area contributed by atoms with E-state index in [0.717, 1.165) is 13.1 Å². The van der Waals surface area contributed by atoms with Crippen LogP contribution < -0.4 is 5.73 Å². The molecule has 0 aromatic rings. The molecule has 1 saturated heterocycles. The maximum atomic E-state index is 5.89. The van der Waals surface area contributed by atoms with Gasteiger partial charge in [-0.05, 0) is 13.8 Å². The number of hydrogen-bond donors (Lipinski definition) is 1. The molecule has 2 N–H and O–H groups in total. The summed E-state index contributed by atoms with van der Waals surface area (Å²) in [5.41, 5.74) is 5.88. The normalized spacial score (nSPS) is 25.7. The average molecular weight is 218 g/mol. The topological polar surface area (TPSA) is 38.5 Å². The molecule has 0 bridgehead atoms. The molecule has 1 fully saturated rings. The number of hydrogen-bond acceptors (Lipinski definition) is 4. The van der Waals surface area contributed by atoms with Crippen LogP contribution in [-0.2, 0) is 4.74 Å². The Hall–Kier alpha value is 0.230. The van der Waals surface area contributed by atoms with Crippen molar-refractivity contribution in [3.8, 4) is 0 Å². The molecule has 0 amide bonds. The van der Waals surface area contributed by atoms with Crippen LogP contribution in [0.5, 0.6) is 0 Å². The highest BCUT2D eigenvalue weighted by Crippen LogP contribution is 2.24. The molecule has 84 valence electrons. The van der Waals surface area contributed by atoms with Crippen molar-refractivity contribution in [3.63, 3.8) is 0 Å². The Morgan fingerprint density at radius 2 is 2.07 bits per heavy atom. The zero-order valence-corrected chi connectivity index (χ0v) is 10.3. The highest BCUT2D eigenvalue weighted by atomic mass is 32.2. The minimum Gasteiger partial charge on any atom is -0.380 e. The standard InChI is InChI=1S/C10H22N2OS/c1-9(13-3)10(2,8-11)12-4-6-14-7-5-12/h9H,4-8,11H2,1-3H3. The molecule has 4 heteroatoms. The molecule has 1 heterocycles. The smallest absolute Gasteiger partial charge is 0.0736 e. The summed E-state index contributed by atoms with van der Waals surface area (Å²) in [4.78, 5) is 2.47. The predicted octanol–water partition coefficient (Wildman–Crippen LogP) is 0.788. The van der Waals surface area contributed by atoms with Crippen molar-refractivity contribution < 1.29 is 4.74 Å². The van der Waals surface area contributed by atoms with Crippen molar-refractivity contribution in [1.29, 1.82) is 0 Å². The largest absolute Gasteiger partial charge is 0.380 e. The number of rotatable bonds is 4. The first-order valence-electron chi connectivity index (χ1n) is 5.21. The maximum absolute atomic E-state index is 5.89. The third-order valence-electron chi connectivity index (χ3n) is 3.38. The van der Waals surface area contributed by atoms with Gasteiger partial charge >= 0.3 is 0 Å². The van der Waals surface area contributed by atoms with Crippen LogP contribution in [0.15, 0.2) is 0 Å². The van der Waals surface area contributed by atoms with E-state index in [-0.39, 0.29) is 11.6 Å². The maximum Gasteiger partial charge on any atom is 0.0736 e. The molecule has 1 aliphatic rings. The monoisotopic (exact) mass is 218 g/mol. The van der Waals surface area contributed by atoms with Gasteiger partial charge in [-0.25, -0.2) is 0 Å². The second kappa shape index (κ2) is 5.35. The van der Waals surface area contributed by atoms with Gasteiger partial charge in [-0.15, -0.1) is 0 Å². The Bertz CT molecular complexity index is 174. The van der Waals surface area contributed by atoms with Crippen molar-refractivity contribution in [2.45, 2.75) is 25.5 Å². The van der Waals surface area contributed by atoms with Crippen LogP contribution in [0.2, 0.25) is 0 Å². The molecule has 0 spiro atoms. The fourth-order valence-corrected chi connectivity index (χ4v) is 2.78. The minimum absolute atomic E-state index is 0.00424. The first kappa shape index (κ1) is 12.3. The number of thioether (sulfide) groups is 1. The molecular formula is C10H22N2OS. The van der Waals surface area contributed by atoms with Crippen LogP contribution in [-0.4, -0.2) is 54.8 Å². The molecule has 0 radical (unpaired) electrons. The van der Waals surface area contributed by atoms with E-state index in [2.05, 4.69) is 18.7 Å². The van der Waals surface area contributed by atoms with Gasteiger partial charge in [0.05, 0.1) is 11.6 Å². The molecule has 3 nitrogen and oxygen atoms in total. The van der Waals surface area contributed by atoms with Gasteiger partial charge in [-0.2, -0.15) is 11.8 Å². The lowest BCUT2D eigenvalue weighted by Gasteiger charge is -2.45. The Balaban J connectivity index is 2.65. The zero-order valence-electron chi connectivity index (χ0n) is 9.45. The third kappa shape index (κ3) is 2.42. The molecule has 2 unspecified atom stereocenters.